The SMILES string of the molecule is CCC(=O)OCCOC(C)OC=Cc1ccccc1. The van der Waals surface area contributed by atoms with Crippen LogP contribution in [-0.4, -0.2) is 25.5 Å². The molecule has 0 spiro atoms. The second-order valence-corrected chi connectivity index (χ2v) is 3.86. The summed E-state index contributed by atoms with van der Waals surface area (Å²) in [5, 5.41) is 0. The van der Waals surface area contributed by atoms with Gasteiger partial charge in [-0.05, 0) is 18.6 Å². The minimum atomic E-state index is -0.375. The van der Waals surface area contributed by atoms with Crippen molar-refractivity contribution in [1.82, 2.24) is 0 Å². The Kier molecular flexibility index (Phi) is 7.35. The van der Waals surface area contributed by atoms with Crippen molar-refractivity contribution < 1.29 is 19.0 Å². The van der Waals surface area contributed by atoms with Crippen molar-refractivity contribution in [3.8, 4) is 0 Å². The molecule has 1 aromatic carbocycles. The molecule has 0 aliphatic heterocycles. The fraction of sp³-hybridized carbons (Fsp3) is 0.400. The van der Waals surface area contributed by atoms with Crippen molar-refractivity contribution >= 4 is 12.0 Å². The lowest BCUT2D eigenvalue weighted by Crippen LogP contribution is -2.15. The van der Waals surface area contributed by atoms with E-state index in [4.69, 9.17) is 14.2 Å². The molecular formula is C15H20O4. The van der Waals surface area contributed by atoms with Gasteiger partial charge in [0, 0.05) is 6.42 Å². The molecule has 0 heterocycles. The van der Waals surface area contributed by atoms with E-state index in [2.05, 4.69) is 0 Å². The largest absolute Gasteiger partial charge is 0.473 e. The molecule has 0 radical (unpaired) electrons. The number of carbonyl (C=O) groups excluding carboxylic acids is 1. The molecule has 0 saturated heterocycles. The molecule has 0 fully saturated rings. The highest BCUT2D eigenvalue weighted by molar-refractivity contribution is 5.68. The molecule has 1 aromatic rings. The van der Waals surface area contributed by atoms with Crippen LogP contribution < -0.4 is 0 Å². The normalized spacial score (nSPS) is 12.3. The quantitative estimate of drug-likeness (QED) is 0.313. The maximum Gasteiger partial charge on any atom is 0.305 e. The van der Waals surface area contributed by atoms with Gasteiger partial charge < -0.3 is 14.2 Å². The van der Waals surface area contributed by atoms with Gasteiger partial charge in [0.05, 0.1) is 12.9 Å². The number of hydrogen-bond acceptors (Lipinski definition) is 4. The Balaban J connectivity index is 2.12. The molecule has 0 aliphatic carbocycles. The molecule has 19 heavy (non-hydrogen) atoms. The molecule has 4 nitrogen and oxygen atoms in total. The number of rotatable bonds is 8. The van der Waals surface area contributed by atoms with Crippen LogP contribution in [0.15, 0.2) is 36.6 Å². The summed E-state index contributed by atoms with van der Waals surface area (Å²) >= 11 is 0. The zero-order chi connectivity index (χ0) is 13.9. The van der Waals surface area contributed by atoms with Gasteiger partial charge in [0.1, 0.15) is 6.61 Å². The molecule has 4 heteroatoms. The van der Waals surface area contributed by atoms with E-state index in [9.17, 15) is 4.79 Å². The zero-order valence-electron chi connectivity index (χ0n) is 11.4. The van der Waals surface area contributed by atoms with E-state index in [0.717, 1.165) is 5.56 Å². The monoisotopic (exact) mass is 264 g/mol. The summed E-state index contributed by atoms with van der Waals surface area (Å²) < 4.78 is 15.5. The van der Waals surface area contributed by atoms with Gasteiger partial charge in [-0.15, -0.1) is 0 Å². The first-order valence-electron chi connectivity index (χ1n) is 6.36. The number of ether oxygens (including phenoxy) is 3. The molecule has 1 unspecified atom stereocenters. The Morgan fingerprint density at radius 1 is 1.26 bits per heavy atom. The van der Waals surface area contributed by atoms with Crippen LogP contribution in [-0.2, 0) is 19.0 Å². The average Bonchev–Trinajstić information content (AvgIpc) is 2.44. The lowest BCUT2D eigenvalue weighted by atomic mass is 10.2. The Labute approximate surface area is 114 Å². The third kappa shape index (κ3) is 7.26. The topological polar surface area (TPSA) is 44.8 Å². The third-order valence-electron chi connectivity index (χ3n) is 2.32. The highest BCUT2D eigenvalue weighted by atomic mass is 16.7. The lowest BCUT2D eigenvalue weighted by Gasteiger charge is -2.12. The summed E-state index contributed by atoms with van der Waals surface area (Å²) in [4.78, 5) is 10.9. The smallest absolute Gasteiger partial charge is 0.305 e. The Bertz CT molecular complexity index is 386. The van der Waals surface area contributed by atoms with Gasteiger partial charge in [-0.2, -0.15) is 0 Å². The van der Waals surface area contributed by atoms with Crippen molar-refractivity contribution in [2.45, 2.75) is 26.6 Å². The van der Waals surface area contributed by atoms with E-state index < -0.39 is 0 Å². The second kappa shape index (κ2) is 9.16. The summed E-state index contributed by atoms with van der Waals surface area (Å²) in [5.74, 6) is -0.221. The predicted molar refractivity (Wildman–Crippen MR) is 73.2 cm³/mol. The summed E-state index contributed by atoms with van der Waals surface area (Å²) in [6, 6.07) is 9.84. The molecular weight excluding hydrogens is 244 g/mol. The first-order chi connectivity index (χ1) is 9.22. The van der Waals surface area contributed by atoms with E-state index >= 15 is 0 Å². The van der Waals surface area contributed by atoms with Gasteiger partial charge in [0.2, 0.25) is 0 Å². The Hall–Kier alpha value is -1.81. The van der Waals surface area contributed by atoms with Crippen LogP contribution in [0.25, 0.3) is 6.08 Å². The van der Waals surface area contributed by atoms with Gasteiger partial charge >= 0.3 is 5.97 Å². The van der Waals surface area contributed by atoms with Gasteiger partial charge in [-0.1, -0.05) is 37.3 Å². The van der Waals surface area contributed by atoms with E-state index in [1.54, 1.807) is 20.1 Å². The van der Waals surface area contributed by atoms with Crippen molar-refractivity contribution in [1.29, 1.82) is 0 Å². The lowest BCUT2D eigenvalue weighted by molar-refractivity contribution is -0.149. The standard InChI is InChI=1S/C15H20O4/c1-3-15(16)19-12-11-18-13(2)17-10-9-14-7-5-4-6-8-14/h4-10,13H,3,11-12H2,1-2H3. The Morgan fingerprint density at radius 3 is 2.68 bits per heavy atom. The zero-order valence-corrected chi connectivity index (χ0v) is 11.4. The minimum Gasteiger partial charge on any atom is -0.473 e. The summed E-state index contributed by atoms with van der Waals surface area (Å²) in [6.45, 7) is 4.12. The highest BCUT2D eigenvalue weighted by Crippen LogP contribution is 2.02. The van der Waals surface area contributed by atoms with Crippen LogP contribution in [0.1, 0.15) is 25.8 Å². The highest BCUT2D eigenvalue weighted by Gasteiger charge is 2.01. The molecule has 1 atom stereocenters. The van der Waals surface area contributed by atoms with E-state index in [1.807, 2.05) is 36.4 Å². The van der Waals surface area contributed by atoms with E-state index in [-0.39, 0.29) is 18.9 Å². The van der Waals surface area contributed by atoms with Crippen LogP contribution in [0.2, 0.25) is 0 Å². The van der Waals surface area contributed by atoms with Gasteiger partial charge in [0.15, 0.2) is 6.29 Å². The van der Waals surface area contributed by atoms with Gasteiger partial charge in [-0.3, -0.25) is 4.79 Å². The fourth-order valence-electron chi connectivity index (χ4n) is 1.30. The van der Waals surface area contributed by atoms with Crippen molar-refractivity contribution in [2.75, 3.05) is 13.2 Å². The molecule has 0 N–H and O–H groups in total. The van der Waals surface area contributed by atoms with Gasteiger partial charge in [0.25, 0.3) is 0 Å². The molecule has 0 bridgehead atoms. The second-order valence-electron chi connectivity index (χ2n) is 3.86. The van der Waals surface area contributed by atoms with Crippen LogP contribution in [0.5, 0.6) is 0 Å². The third-order valence-corrected chi connectivity index (χ3v) is 2.32. The predicted octanol–water partition coefficient (Wildman–Crippen LogP) is 2.99. The van der Waals surface area contributed by atoms with Crippen LogP contribution in [0.3, 0.4) is 0 Å². The first-order valence-corrected chi connectivity index (χ1v) is 6.36. The number of carbonyl (C=O) groups is 1. The van der Waals surface area contributed by atoms with E-state index in [0.29, 0.717) is 13.0 Å². The van der Waals surface area contributed by atoms with Crippen LogP contribution in [0, 0.1) is 0 Å². The molecule has 0 aromatic heterocycles. The molecule has 1 rings (SSSR count). The fourth-order valence-corrected chi connectivity index (χ4v) is 1.30. The molecule has 0 amide bonds. The minimum absolute atomic E-state index is 0.221. The number of benzene rings is 1. The molecule has 104 valence electrons. The summed E-state index contributed by atoms with van der Waals surface area (Å²) in [5.41, 5.74) is 1.06. The van der Waals surface area contributed by atoms with Crippen molar-refractivity contribution in [2.24, 2.45) is 0 Å². The van der Waals surface area contributed by atoms with Crippen molar-refractivity contribution in [3.05, 3.63) is 42.2 Å². The number of hydrogen-bond donors (Lipinski definition) is 0. The maximum atomic E-state index is 10.9. The Morgan fingerprint density at radius 2 is 2.00 bits per heavy atom. The van der Waals surface area contributed by atoms with E-state index in [1.165, 1.54) is 0 Å². The summed E-state index contributed by atoms with van der Waals surface area (Å²) in [6.07, 6.45) is 3.46. The summed E-state index contributed by atoms with van der Waals surface area (Å²) in [7, 11) is 0. The van der Waals surface area contributed by atoms with Crippen molar-refractivity contribution in [3.63, 3.8) is 0 Å². The molecule has 0 saturated carbocycles. The molecule has 0 aliphatic rings. The maximum absolute atomic E-state index is 10.9. The first kappa shape index (κ1) is 15.2. The van der Waals surface area contributed by atoms with Crippen LogP contribution in [0.4, 0.5) is 0 Å². The number of esters is 1. The van der Waals surface area contributed by atoms with Crippen LogP contribution >= 0.6 is 0 Å². The average molecular weight is 264 g/mol. The van der Waals surface area contributed by atoms with Gasteiger partial charge in [-0.25, -0.2) is 0 Å².